The lowest BCUT2D eigenvalue weighted by atomic mass is 9.90. The van der Waals surface area contributed by atoms with E-state index in [1.54, 1.807) is 0 Å². The minimum absolute atomic E-state index is 0. The van der Waals surface area contributed by atoms with Crippen LogP contribution < -0.4 is 0 Å². The first kappa shape index (κ1) is 30.6. The Labute approximate surface area is 165 Å². The van der Waals surface area contributed by atoms with Gasteiger partial charge in [0.25, 0.3) is 0 Å². The van der Waals surface area contributed by atoms with Gasteiger partial charge in [0.05, 0.1) is 26.4 Å². The molecule has 0 aromatic carbocycles. The molecule has 0 amide bonds. The van der Waals surface area contributed by atoms with E-state index in [-0.39, 0.29) is 33.9 Å². The van der Waals surface area contributed by atoms with Crippen LogP contribution in [0.2, 0.25) is 0 Å². The van der Waals surface area contributed by atoms with E-state index >= 15 is 0 Å². The Hall–Kier alpha value is -0.160. The van der Waals surface area contributed by atoms with Crippen molar-refractivity contribution in [1.82, 2.24) is 0 Å². The van der Waals surface area contributed by atoms with Crippen LogP contribution in [0, 0.1) is 23.7 Å². The molecule has 0 aliphatic carbocycles. The third-order valence-corrected chi connectivity index (χ3v) is 4.90. The van der Waals surface area contributed by atoms with Gasteiger partial charge in [-0.3, -0.25) is 0 Å². The molecule has 162 valence electrons. The van der Waals surface area contributed by atoms with Crippen molar-refractivity contribution >= 4 is 0 Å². The molecule has 0 N–H and O–H groups in total. The Kier molecular flexibility index (Phi) is 15.4. The number of hydrogen-bond acceptors (Lipinski definition) is 4. The summed E-state index contributed by atoms with van der Waals surface area (Å²) >= 11 is 0. The summed E-state index contributed by atoms with van der Waals surface area (Å²) in [6.07, 6.45) is 1.03. The smallest absolute Gasteiger partial charge is 0.172 e. The highest BCUT2D eigenvalue weighted by Gasteiger charge is 2.42. The fourth-order valence-corrected chi connectivity index (χ4v) is 3.67. The van der Waals surface area contributed by atoms with Gasteiger partial charge >= 0.3 is 0 Å². The van der Waals surface area contributed by atoms with Gasteiger partial charge in [0.2, 0.25) is 0 Å². The fourth-order valence-electron chi connectivity index (χ4n) is 3.67. The van der Waals surface area contributed by atoms with Gasteiger partial charge in [-0.05, 0) is 6.42 Å². The van der Waals surface area contributed by atoms with E-state index in [0.29, 0.717) is 23.7 Å². The molecule has 4 nitrogen and oxygen atoms in total. The summed E-state index contributed by atoms with van der Waals surface area (Å²) in [5.41, 5.74) is 0. The Morgan fingerprint density at radius 1 is 0.462 bits per heavy atom. The minimum atomic E-state index is -0.321. The lowest BCUT2D eigenvalue weighted by Gasteiger charge is -2.43. The summed E-state index contributed by atoms with van der Waals surface area (Å²) in [5.74, 6) is 1.10. The number of rotatable bonds is 4. The second-order valence-corrected chi connectivity index (χ2v) is 7.81. The van der Waals surface area contributed by atoms with Crippen molar-refractivity contribution in [3.8, 4) is 0 Å². The summed E-state index contributed by atoms with van der Waals surface area (Å²) in [7, 11) is 0. The van der Waals surface area contributed by atoms with E-state index in [1.165, 1.54) is 0 Å². The van der Waals surface area contributed by atoms with Crippen molar-refractivity contribution in [2.75, 3.05) is 26.4 Å². The highest BCUT2D eigenvalue weighted by atomic mass is 16.7. The SMILES string of the molecule is C.C.C.CC(C)C1(C(C)C)OCCCO1.CC(C)C1(C(C)C)OCCO1. The molecular weight excluding hydrogens is 328 g/mol. The van der Waals surface area contributed by atoms with Gasteiger partial charge < -0.3 is 18.9 Å². The van der Waals surface area contributed by atoms with Crippen molar-refractivity contribution in [3.05, 3.63) is 0 Å². The van der Waals surface area contributed by atoms with Gasteiger partial charge in [-0.1, -0.05) is 77.7 Å². The van der Waals surface area contributed by atoms with E-state index < -0.39 is 0 Å². The van der Waals surface area contributed by atoms with E-state index in [9.17, 15) is 0 Å². The van der Waals surface area contributed by atoms with Crippen LogP contribution in [-0.2, 0) is 18.9 Å². The van der Waals surface area contributed by atoms with E-state index in [4.69, 9.17) is 18.9 Å². The lowest BCUT2D eigenvalue weighted by Crippen LogP contribution is -2.49. The van der Waals surface area contributed by atoms with Crippen molar-refractivity contribution in [2.24, 2.45) is 23.7 Å². The molecule has 0 radical (unpaired) electrons. The Morgan fingerprint density at radius 3 is 0.885 bits per heavy atom. The van der Waals surface area contributed by atoms with Crippen LogP contribution in [0.5, 0.6) is 0 Å². The molecule has 0 saturated carbocycles. The first-order valence-electron chi connectivity index (χ1n) is 9.24. The number of ether oxygens (including phenoxy) is 4. The zero-order valence-electron chi connectivity index (χ0n) is 16.5. The monoisotopic (exact) mass is 378 g/mol. The van der Waals surface area contributed by atoms with Crippen LogP contribution in [0.1, 0.15) is 84.1 Å². The number of hydrogen-bond donors (Lipinski definition) is 0. The summed E-state index contributed by atoms with van der Waals surface area (Å²) in [5, 5.41) is 0. The highest BCUT2D eigenvalue weighted by molar-refractivity contribution is 4.81. The molecule has 2 fully saturated rings. The molecule has 2 aliphatic rings. The maximum atomic E-state index is 5.77. The molecular formula is C22H50O4. The standard InChI is InChI=1S/C10H20O2.C9H18O2.3CH4/c1-8(2)10(9(3)4)11-6-5-7-12-10;1-7(2)9(8(3)4)10-5-6-11-9;;;/h8-9H,5-7H2,1-4H3;7-8H,5-6H2,1-4H3;3*1H4. The first-order valence-corrected chi connectivity index (χ1v) is 9.24. The topological polar surface area (TPSA) is 36.9 Å². The summed E-state index contributed by atoms with van der Waals surface area (Å²) in [6.45, 7) is 20.4. The average Bonchev–Trinajstić information content (AvgIpc) is 2.99. The highest BCUT2D eigenvalue weighted by Crippen LogP contribution is 2.35. The Bertz CT molecular complexity index is 305. The predicted molar refractivity (Wildman–Crippen MR) is 113 cm³/mol. The molecule has 2 aliphatic heterocycles. The van der Waals surface area contributed by atoms with Crippen molar-refractivity contribution in [2.45, 2.75) is 95.7 Å². The normalized spacial score (nSPS) is 20.8. The second kappa shape index (κ2) is 13.1. The lowest BCUT2D eigenvalue weighted by molar-refractivity contribution is -0.310. The molecule has 0 unspecified atom stereocenters. The van der Waals surface area contributed by atoms with Gasteiger partial charge in [0, 0.05) is 23.7 Å². The Morgan fingerprint density at radius 2 is 0.692 bits per heavy atom. The predicted octanol–water partition coefficient (Wildman–Crippen LogP) is 6.38. The molecule has 0 spiro atoms. The molecule has 0 aromatic rings. The van der Waals surface area contributed by atoms with Crippen molar-refractivity contribution in [1.29, 1.82) is 0 Å². The summed E-state index contributed by atoms with van der Waals surface area (Å²) in [6, 6.07) is 0. The van der Waals surface area contributed by atoms with Gasteiger partial charge in [-0.25, -0.2) is 0 Å². The van der Waals surface area contributed by atoms with Crippen LogP contribution in [-0.4, -0.2) is 38.0 Å². The molecule has 2 saturated heterocycles. The van der Waals surface area contributed by atoms with Crippen molar-refractivity contribution < 1.29 is 18.9 Å². The third kappa shape index (κ3) is 6.78. The summed E-state index contributed by atoms with van der Waals surface area (Å²) in [4.78, 5) is 0. The minimum Gasteiger partial charge on any atom is -0.349 e. The largest absolute Gasteiger partial charge is 0.349 e. The van der Waals surface area contributed by atoms with Crippen LogP contribution >= 0.6 is 0 Å². The zero-order chi connectivity index (χ0) is 17.7. The van der Waals surface area contributed by atoms with Crippen LogP contribution in [0.3, 0.4) is 0 Å². The zero-order valence-corrected chi connectivity index (χ0v) is 16.5. The molecule has 4 heteroatoms. The van der Waals surface area contributed by atoms with Gasteiger partial charge in [0.1, 0.15) is 0 Å². The first-order chi connectivity index (χ1) is 10.7. The average molecular weight is 379 g/mol. The van der Waals surface area contributed by atoms with Crippen LogP contribution in [0.25, 0.3) is 0 Å². The molecule has 26 heavy (non-hydrogen) atoms. The Balaban J connectivity index is -0.000000366. The van der Waals surface area contributed by atoms with E-state index in [0.717, 1.165) is 32.8 Å². The van der Waals surface area contributed by atoms with E-state index in [1.807, 2.05) is 0 Å². The van der Waals surface area contributed by atoms with Gasteiger partial charge in [-0.2, -0.15) is 0 Å². The van der Waals surface area contributed by atoms with Crippen molar-refractivity contribution in [3.63, 3.8) is 0 Å². The maximum Gasteiger partial charge on any atom is 0.172 e. The second-order valence-electron chi connectivity index (χ2n) is 7.81. The van der Waals surface area contributed by atoms with Gasteiger partial charge in [-0.15, -0.1) is 0 Å². The fraction of sp³-hybridized carbons (Fsp3) is 1.00. The van der Waals surface area contributed by atoms with Crippen LogP contribution in [0.15, 0.2) is 0 Å². The molecule has 2 heterocycles. The molecule has 2 rings (SSSR count). The van der Waals surface area contributed by atoms with Gasteiger partial charge in [0.15, 0.2) is 11.6 Å². The van der Waals surface area contributed by atoms with Crippen LogP contribution in [0.4, 0.5) is 0 Å². The summed E-state index contributed by atoms with van der Waals surface area (Å²) < 4.78 is 22.8. The quantitative estimate of drug-likeness (QED) is 0.568. The van der Waals surface area contributed by atoms with E-state index in [2.05, 4.69) is 55.4 Å². The molecule has 0 bridgehead atoms. The maximum absolute atomic E-state index is 5.77. The molecule has 0 aromatic heterocycles. The third-order valence-electron chi connectivity index (χ3n) is 4.90. The molecule has 0 atom stereocenters.